The zero-order valence-electron chi connectivity index (χ0n) is 15.8. The quantitative estimate of drug-likeness (QED) is 0.340. The number of carbonyl (C=O) groups is 2. The monoisotopic (exact) mass is 391 g/mol. The lowest BCUT2D eigenvalue weighted by Crippen LogP contribution is -2.52. The molecule has 1 aromatic rings. The number of para-hydroxylation sites is 1. The number of hydrogen-bond acceptors (Lipinski definition) is 3. The molecular weight excluding hydrogens is 362 g/mol. The summed E-state index contributed by atoms with van der Waals surface area (Å²) in [6.07, 6.45) is 4.87. The molecule has 1 aromatic carbocycles. The van der Waals surface area contributed by atoms with Crippen LogP contribution in [0.2, 0.25) is 0 Å². The molecule has 1 heterocycles. The third-order valence-corrected chi connectivity index (χ3v) is 4.72. The average molecular weight is 392 g/mol. The van der Waals surface area contributed by atoms with E-state index in [2.05, 4.69) is 28.4 Å². The highest BCUT2D eigenvalue weighted by molar-refractivity contribution is 7.80. The van der Waals surface area contributed by atoms with Crippen LogP contribution in [0.4, 0.5) is 10.5 Å². The van der Waals surface area contributed by atoms with E-state index in [9.17, 15) is 9.59 Å². The van der Waals surface area contributed by atoms with Crippen molar-refractivity contribution >= 4 is 35.0 Å². The largest absolute Gasteiger partial charge is 0.361 e. The Labute approximate surface area is 166 Å². The van der Waals surface area contributed by atoms with Gasteiger partial charge in [-0.05, 0) is 43.6 Å². The third kappa shape index (κ3) is 7.42. The number of hydrazine groups is 1. The molecule has 27 heavy (non-hydrogen) atoms. The van der Waals surface area contributed by atoms with Crippen LogP contribution in [-0.4, -0.2) is 41.6 Å². The molecule has 148 valence electrons. The molecule has 1 aliphatic rings. The molecule has 0 saturated carbocycles. The summed E-state index contributed by atoms with van der Waals surface area (Å²) in [6, 6.07) is 9.13. The van der Waals surface area contributed by atoms with Crippen LogP contribution >= 0.6 is 12.2 Å². The predicted molar refractivity (Wildman–Crippen MR) is 111 cm³/mol. The molecule has 1 atom stereocenters. The number of piperidine rings is 1. The normalized spacial score (nSPS) is 16.3. The Morgan fingerprint density at radius 3 is 2.70 bits per heavy atom. The van der Waals surface area contributed by atoms with Gasteiger partial charge in [-0.1, -0.05) is 38.0 Å². The molecule has 1 saturated heterocycles. The first-order valence-electron chi connectivity index (χ1n) is 9.54. The molecule has 7 nitrogen and oxygen atoms in total. The predicted octanol–water partition coefficient (Wildman–Crippen LogP) is 2.62. The lowest BCUT2D eigenvalue weighted by Gasteiger charge is -2.32. The van der Waals surface area contributed by atoms with Gasteiger partial charge >= 0.3 is 6.03 Å². The highest BCUT2D eigenvalue weighted by Gasteiger charge is 2.28. The summed E-state index contributed by atoms with van der Waals surface area (Å²) in [6.45, 7) is 3.97. The zero-order valence-corrected chi connectivity index (χ0v) is 16.6. The van der Waals surface area contributed by atoms with Crippen LogP contribution in [0, 0.1) is 5.92 Å². The standard InChI is InChI=1S/C19H29N5O2S/c1-2-3-7-12-20-18(27)23-22-17(25)15-9-8-13-24(14-15)19(26)21-16-10-5-4-6-11-16/h4-6,10-11,15H,2-3,7-9,12-14H2,1H3,(H,21,26)(H,22,25)(H2,20,23,27)/t15-/m1/s1. The molecule has 0 unspecified atom stereocenters. The van der Waals surface area contributed by atoms with Crippen molar-refractivity contribution in [3.05, 3.63) is 30.3 Å². The molecule has 0 bridgehead atoms. The number of carbonyl (C=O) groups excluding carboxylic acids is 2. The number of unbranched alkanes of at least 4 members (excludes halogenated alkanes) is 2. The van der Waals surface area contributed by atoms with Gasteiger partial charge in [0.15, 0.2) is 5.11 Å². The average Bonchev–Trinajstić information content (AvgIpc) is 2.70. The summed E-state index contributed by atoms with van der Waals surface area (Å²) in [4.78, 5) is 26.5. The zero-order chi connectivity index (χ0) is 19.5. The molecule has 2 rings (SSSR count). The Hall–Kier alpha value is -2.35. The second kappa shape index (κ2) is 11.4. The first-order chi connectivity index (χ1) is 13.1. The number of urea groups is 1. The molecule has 0 aliphatic carbocycles. The van der Waals surface area contributed by atoms with Crippen molar-refractivity contribution < 1.29 is 9.59 Å². The van der Waals surface area contributed by atoms with E-state index in [-0.39, 0.29) is 17.9 Å². The van der Waals surface area contributed by atoms with Crippen molar-refractivity contribution in [3.8, 4) is 0 Å². The SMILES string of the molecule is CCCCCNC(=S)NNC(=O)[C@@H]1CCCN(C(=O)Nc2ccccc2)C1. The number of rotatable bonds is 6. The van der Waals surface area contributed by atoms with Gasteiger partial charge in [0.25, 0.3) is 0 Å². The van der Waals surface area contributed by atoms with Gasteiger partial charge < -0.3 is 15.5 Å². The summed E-state index contributed by atoms with van der Waals surface area (Å²) in [5, 5.41) is 6.34. The van der Waals surface area contributed by atoms with Crippen LogP contribution in [0.5, 0.6) is 0 Å². The number of nitrogens with one attached hydrogen (secondary N) is 4. The van der Waals surface area contributed by atoms with E-state index in [4.69, 9.17) is 12.2 Å². The van der Waals surface area contributed by atoms with Gasteiger partial charge in [0.05, 0.1) is 5.92 Å². The van der Waals surface area contributed by atoms with Gasteiger partial charge in [0, 0.05) is 25.3 Å². The van der Waals surface area contributed by atoms with Crippen LogP contribution in [0.1, 0.15) is 39.0 Å². The third-order valence-electron chi connectivity index (χ3n) is 4.47. The molecule has 3 amide bonds. The Balaban J connectivity index is 1.73. The second-order valence-electron chi connectivity index (χ2n) is 6.66. The second-order valence-corrected chi connectivity index (χ2v) is 7.07. The fourth-order valence-corrected chi connectivity index (χ4v) is 3.09. The van der Waals surface area contributed by atoms with Crippen LogP contribution in [0.3, 0.4) is 0 Å². The maximum atomic E-state index is 12.4. The van der Waals surface area contributed by atoms with E-state index in [0.29, 0.717) is 18.2 Å². The number of likely N-dealkylation sites (tertiary alicyclic amines) is 1. The highest BCUT2D eigenvalue weighted by atomic mass is 32.1. The number of amides is 3. The molecule has 4 N–H and O–H groups in total. The Morgan fingerprint density at radius 1 is 1.19 bits per heavy atom. The van der Waals surface area contributed by atoms with Crippen molar-refractivity contribution in [3.63, 3.8) is 0 Å². The topological polar surface area (TPSA) is 85.5 Å². The molecule has 0 aromatic heterocycles. The van der Waals surface area contributed by atoms with E-state index >= 15 is 0 Å². The first-order valence-corrected chi connectivity index (χ1v) is 9.95. The van der Waals surface area contributed by atoms with Crippen molar-refractivity contribution in [1.29, 1.82) is 0 Å². The van der Waals surface area contributed by atoms with Gasteiger partial charge in [0.1, 0.15) is 0 Å². The maximum Gasteiger partial charge on any atom is 0.321 e. The molecule has 0 spiro atoms. The lowest BCUT2D eigenvalue weighted by atomic mass is 9.98. The molecule has 1 fully saturated rings. The Bertz CT molecular complexity index is 626. The molecular formula is C19H29N5O2S. The van der Waals surface area contributed by atoms with Crippen molar-refractivity contribution in [2.75, 3.05) is 25.0 Å². The van der Waals surface area contributed by atoms with Gasteiger partial charge in [-0.3, -0.25) is 15.6 Å². The summed E-state index contributed by atoms with van der Waals surface area (Å²) in [5.41, 5.74) is 6.14. The highest BCUT2D eigenvalue weighted by Crippen LogP contribution is 2.18. The maximum absolute atomic E-state index is 12.4. The van der Waals surface area contributed by atoms with Crippen molar-refractivity contribution in [2.24, 2.45) is 5.92 Å². The number of nitrogens with zero attached hydrogens (tertiary/aromatic N) is 1. The van der Waals surface area contributed by atoms with Crippen molar-refractivity contribution in [2.45, 2.75) is 39.0 Å². The molecule has 0 radical (unpaired) electrons. The van der Waals surface area contributed by atoms with Crippen LogP contribution in [0.15, 0.2) is 30.3 Å². The summed E-state index contributed by atoms with van der Waals surface area (Å²) in [5.74, 6) is -0.402. The van der Waals surface area contributed by atoms with Crippen LogP contribution in [0.25, 0.3) is 0 Å². The lowest BCUT2D eigenvalue weighted by molar-refractivity contribution is -0.126. The number of thiocarbonyl (C=S) groups is 1. The number of anilines is 1. The minimum Gasteiger partial charge on any atom is -0.361 e. The first kappa shape index (κ1) is 21.0. The summed E-state index contributed by atoms with van der Waals surface area (Å²) >= 11 is 5.15. The van der Waals surface area contributed by atoms with E-state index in [1.54, 1.807) is 4.90 Å². The fraction of sp³-hybridized carbons (Fsp3) is 0.526. The fourth-order valence-electron chi connectivity index (χ4n) is 2.94. The van der Waals surface area contributed by atoms with Gasteiger partial charge in [-0.2, -0.15) is 0 Å². The van der Waals surface area contributed by atoms with E-state index in [0.717, 1.165) is 44.3 Å². The van der Waals surface area contributed by atoms with Gasteiger partial charge in [0.2, 0.25) is 5.91 Å². The van der Waals surface area contributed by atoms with E-state index in [1.165, 1.54) is 0 Å². The minimum absolute atomic E-state index is 0.148. The summed E-state index contributed by atoms with van der Waals surface area (Å²) in [7, 11) is 0. The van der Waals surface area contributed by atoms with Crippen molar-refractivity contribution in [1.82, 2.24) is 21.1 Å². The van der Waals surface area contributed by atoms with Gasteiger partial charge in [-0.15, -0.1) is 0 Å². The smallest absolute Gasteiger partial charge is 0.321 e. The number of hydrogen-bond donors (Lipinski definition) is 4. The molecule has 1 aliphatic heterocycles. The van der Waals surface area contributed by atoms with Crippen LogP contribution < -0.4 is 21.5 Å². The summed E-state index contributed by atoms with van der Waals surface area (Å²) < 4.78 is 0. The minimum atomic E-state index is -0.254. The Morgan fingerprint density at radius 2 is 1.96 bits per heavy atom. The number of benzene rings is 1. The van der Waals surface area contributed by atoms with Gasteiger partial charge in [-0.25, -0.2) is 4.79 Å². The van der Waals surface area contributed by atoms with E-state index in [1.807, 2.05) is 30.3 Å². The molecule has 8 heteroatoms. The van der Waals surface area contributed by atoms with E-state index < -0.39 is 0 Å². The Kier molecular flexibility index (Phi) is 8.83. The van der Waals surface area contributed by atoms with Crippen LogP contribution in [-0.2, 0) is 4.79 Å².